The van der Waals surface area contributed by atoms with E-state index in [2.05, 4.69) is 0 Å². The molecule has 0 bridgehead atoms. The fourth-order valence-electron chi connectivity index (χ4n) is 2.20. The molecular formula is C13H13ClFNO3. The van der Waals surface area contributed by atoms with Crippen LogP contribution < -0.4 is 0 Å². The van der Waals surface area contributed by atoms with E-state index >= 15 is 0 Å². The normalized spacial score (nSPS) is 19.3. The molecule has 2 rings (SSSR count). The quantitative estimate of drug-likeness (QED) is 0.908. The molecular weight excluding hydrogens is 273 g/mol. The zero-order valence-electron chi connectivity index (χ0n) is 10.1. The molecule has 1 atom stereocenters. The van der Waals surface area contributed by atoms with Crippen molar-refractivity contribution in [3.05, 3.63) is 34.6 Å². The minimum absolute atomic E-state index is 0.111. The number of carboxylic acids is 1. The second-order valence-electron chi connectivity index (χ2n) is 4.53. The molecule has 0 radical (unpaired) electrons. The number of carbonyl (C=O) groups is 2. The molecule has 19 heavy (non-hydrogen) atoms. The van der Waals surface area contributed by atoms with Gasteiger partial charge in [0.2, 0.25) is 0 Å². The van der Waals surface area contributed by atoms with Crippen LogP contribution in [0.15, 0.2) is 18.2 Å². The molecule has 1 amide bonds. The van der Waals surface area contributed by atoms with Gasteiger partial charge >= 0.3 is 5.97 Å². The molecule has 1 aromatic rings. The number of rotatable bonds is 2. The van der Waals surface area contributed by atoms with E-state index in [1.807, 2.05) is 0 Å². The molecule has 0 aromatic heterocycles. The Morgan fingerprint density at radius 2 is 2.16 bits per heavy atom. The molecule has 1 fully saturated rings. The predicted octanol–water partition coefficient (Wildman–Crippen LogP) is 2.42. The summed E-state index contributed by atoms with van der Waals surface area (Å²) in [5.74, 6) is -2.78. The van der Waals surface area contributed by atoms with Gasteiger partial charge in [0.1, 0.15) is 0 Å². The molecule has 4 nitrogen and oxygen atoms in total. The summed E-state index contributed by atoms with van der Waals surface area (Å²) >= 11 is 5.64. The molecule has 1 saturated heterocycles. The summed E-state index contributed by atoms with van der Waals surface area (Å²) in [6.45, 7) is 0.550. The first kappa shape index (κ1) is 13.8. The van der Waals surface area contributed by atoms with Crippen molar-refractivity contribution >= 4 is 23.5 Å². The van der Waals surface area contributed by atoms with Crippen molar-refractivity contribution in [2.75, 3.05) is 13.1 Å². The number of hydrogen-bond acceptors (Lipinski definition) is 2. The Balaban J connectivity index is 2.19. The van der Waals surface area contributed by atoms with Gasteiger partial charge in [0.15, 0.2) is 5.82 Å². The third-order valence-electron chi connectivity index (χ3n) is 3.24. The SMILES string of the molecule is O=C(O)C1CCCN(C(=O)c2cccc(Cl)c2F)C1. The van der Waals surface area contributed by atoms with E-state index in [1.54, 1.807) is 0 Å². The van der Waals surface area contributed by atoms with E-state index in [4.69, 9.17) is 16.7 Å². The highest BCUT2D eigenvalue weighted by Gasteiger charge is 2.29. The molecule has 1 N–H and O–H groups in total. The van der Waals surface area contributed by atoms with Gasteiger partial charge in [-0.15, -0.1) is 0 Å². The lowest BCUT2D eigenvalue weighted by molar-refractivity contribution is -0.143. The Morgan fingerprint density at radius 1 is 1.42 bits per heavy atom. The van der Waals surface area contributed by atoms with E-state index in [9.17, 15) is 14.0 Å². The van der Waals surface area contributed by atoms with Crippen LogP contribution in [0.5, 0.6) is 0 Å². The van der Waals surface area contributed by atoms with Gasteiger partial charge in [0.05, 0.1) is 16.5 Å². The number of carboxylic acid groups (broad SMARTS) is 1. The monoisotopic (exact) mass is 285 g/mol. The number of aliphatic carboxylic acids is 1. The molecule has 1 unspecified atom stereocenters. The van der Waals surface area contributed by atoms with Crippen LogP contribution >= 0.6 is 11.6 Å². The largest absolute Gasteiger partial charge is 0.481 e. The fourth-order valence-corrected chi connectivity index (χ4v) is 2.38. The zero-order chi connectivity index (χ0) is 14.0. The molecule has 1 heterocycles. The molecule has 0 spiro atoms. The molecule has 1 aromatic carbocycles. The van der Waals surface area contributed by atoms with Crippen molar-refractivity contribution in [2.45, 2.75) is 12.8 Å². The van der Waals surface area contributed by atoms with Crippen LogP contribution in [-0.2, 0) is 4.79 Å². The Kier molecular flexibility index (Phi) is 4.04. The van der Waals surface area contributed by atoms with E-state index < -0.39 is 23.6 Å². The summed E-state index contributed by atoms with van der Waals surface area (Å²) in [5, 5.41) is 8.86. The van der Waals surface area contributed by atoms with Crippen LogP contribution in [0.3, 0.4) is 0 Å². The first-order chi connectivity index (χ1) is 9.00. The highest BCUT2D eigenvalue weighted by Crippen LogP contribution is 2.22. The maximum atomic E-state index is 13.8. The topological polar surface area (TPSA) is 57.6 Å². The summed E-state index contributed by atoms with van der Waals surface area (Å²) in [4.78, 5) is 24.5. The smallest absolute Gasteiger partial charge is 0.308 e. The average Bonchev–Trinajstić information content (AvgIpc) is 2.41. The predicted molar refractivity (Wildman–Crippen MR) is 67.7 cm³/mol. The van der Waals surface area contributed by atoms with Gasteiger partial charge in [-0.2, -0.15) is 0 Å². The minimum Gasteiger partial charge on any atom is -0.481 e. The molecule has 0 saturated carbocycles. The summed E-state index contributed by atoms with van der Waals surface area (Å²) in [5.41, 5.74) is -0.112. The molecule has 1 aliphatic heterocycles. The third-order valence-corrected chi connectivity index (χ3v) is 3.53. The summed E-state index contributed by atoms with van der Waals surface area (Å²) in [6.07, 6.45) is 1.14. The number of piperidine rings is 1. The van der Waals surface area contributed by atoms with Gasteiger partial charge in [-0.05, 0) is 25.0 Å². The number of benzene rings is 1. The van der Waals surface area contributed by atoms with Crippen LogP contribution in [0, 0.1) is 11.7 Å². The lowest BCUT2D eigenvalue weighted by Crippen LogP contribution is -2.42. The molecule has 1 aliphatic rings. The minimum atomic E-state index is -0.927. The van der Waals surface area contributed by atoms with Gasteiger partial charge < -0.3 is 10.0 Å². The van der Waals surface area contributed by atoms with Crippen molar-refractivity contribution < 1.29 is 19.1 Å². The average molecular weight is 286 g/mol. The first-order valence-electron chi connectivity index (χ1n) is 5.97. The number of hydrogen-bond donors (Lipinski definition) is 1. The second-order valence-corrected chi connectivity index (χ2v) is 4.94. The molecule has 102 valence electrons. The van der Waals surface area contributed by atoms with Crippen LogP contribution in [0.25, 0.3) is 0 Å². The number of carbonyl (C=O) groups excluding carboxylic acids is 1. The number of likely N-dealkylation sites (tertiary alicyclic amines) is 1. The fraction of sp³-hybridized carbons (Fsp3) is 0.385. The van der Waals surface area contributed by atoms with E-state index in [-0.39, 0.29) is 17.1 Å². The molecule has 0 aliphatic carbocycles. The van der Waals surface area contributed by atoms with Crippen LogP contribution in [0.2, 0.25) is 5.02 Å². The van der Waals surface area contributed by atoms with E-state index in [1.165, 1.54) is 23.1 Å². The van der Waals surface area contributed by atoms with E-state index in [0.717, 1.165) is 0 Å². The Morgan fingerprint density at radius 3 is 2.84 bits per heavy atom. The van der Waals surface area contributed by atoms with Crippen molar-refractivity contribution in [3.8, 4) is 0 Å². The van der Waals surface area contributed by atoms with Crippen molar-refractivity contribution in [1.29, 1.82) is 0 Å². The van der Waals surface area contributed by atoms with Gasteiger partial charge in [0, 0.05) is 13.1 Å². The second kappa shape index (κ2) is 5.57. The van der Waals surface area contributed by atoms with E-state index in [0.29, 0.717) is 19.4 Å². The van der Waals surface area contributed by atoms with Gasteiger partial charge in [0.25, 0.3) is 5.91 Å². The van der Waals surface area contributed by atoms with Crippen LogP contribution in [0.1, 0.15) is 23.2 Å². The van der Waals surface area contributed by atoms with Crippen molar-refractivity contribution in [2.24, 2.45) is 5.92 Å². The highest BCUT2D eigenvalue weighted by molar-refractivity contribution is 6.31. The van der Waals surface area contributed by atoms with Gasteiger partial charge in [-0.1, -0.05) is 17.7 Å². The lowest BCUT2D eigenvalue weighted by atomic mass is 9.97. The summed E-state index contributed by atoms with van der Waals surface area (Å²) in [7, 11) is 0. The third kappa shape index (κ3) is 2.87. The lowest BCUT2D eigenvalue weighted by Gasteiger charge is -2.30. The first-order valence-corrected chi connectivity index (χ1v) is 6.34. The standard InChI is InChI=1S/C13H13ClFNO3/c14-10-5-1-4-9(11(10)15)12(17)16-6-2-3-8(7-16)13(18)19/h1,4-5,8H,2-3,6-7H2,(H,18,19). The van der Waals surface area contributed by atoms with Crippen molar-refractivity contribution in [3.63, 3.8) is 0 Å². The van der Waals surface area contributed by atoms with Crippen LogP contribution in [0.4, 0.5) is 4.39 Å². The number of nitrogens with zero attached hydrogens (tertiary/aromatic N) is 1. The van der Waals surface area contributed by atoms with Crippen LogP contribution in [-0.4, -0.2) is 35.0 Å². The highest BCUT2D eigenvalue weighted by atomic mass is 35.5. The zero-order valence-corrected chi connectivity index (χ0v) is 10.9. The van der Waals surface area contributed by atoms with Crippen molar-refractivity contribution in [1.82, 2.24) is 4.90 Å². The molecule has 6 heteroatoms. The van der Waals surface area contributed by atoms with Gasteiger partial charge in [-0.3, -0.25) is 9.59 Å². The number of amides is 1. The maximum Gasteiger partial charge on any atom is 0.308 e. The Labute approximate surface area is 114 Å². The maximum absolute atomic E-state index is 13.8. The Bertz CT molecular complexity index is 521. The number of halogens is 2. The summed E-state index contributed by atoms with van der Waals surface area (Å²) < 4.78 is 13.8. The van der Waals surface area contributed by atoms with Gasteiger partial charge in [-0.25, -0.2) is 4.39 Å². The summed E-state index contributed by atoms with van der Waals surface area (Å²) in [6, 6.07) is 4.22. The Hall–Kier alpha value is -1.62.